The van der Waals surface area contributed by atoms with Crippen molar-refractivity contribution in [2.75, 3.05) is 5.73 Å². The zero-order valence-electron chi connectivity index (χ0n) is 11.0. The molecule has 1 aromatic heterocycles. The Balaban J connectivity index is 2.17. The number of alkyl halides is 3. The van der Waals surface area contributed by atoms with Crippen LogP contribution < -0.4 is 5.73 Å². The summed E-state index contributed by atoms with van der Waals surface area (Å²) in [7, 11) is 0. The predicted molar refractivity (Wildman–Crippen MR) is 79.2 cm³/mol. The molecule has 0 aliphatic carbocycles. The minimum Gasteiger partial charge on any atom is -0.398 e. The Hall–Kier alpha value is -2.08. The molecule has 0 aliphatic heterocycles. The van der Waals surface area contributed by atoms with E-state index in [2.05, 4.69) is 4.98 Å². The molecule has 108 valence electrons. The first-order valence-corrected chi connectivity index (χ1v) is 7.00. The van der Waals surface area contributed by atoms with E-state index in [1.54, 1.807) is 0 Å². The van der Waals surface area contributed by atoms with Crippen molar-refractivity contribution >= 4 is 27.2 Å². The molecule has 6 heteroatoms. The Labute approximate surface area is 123 Å². The third-order valence-corrected chi connectivity index (χ3v) is 4.21. The SMILES string of the molecule is Cc1ccc2nc(-c3cc(C(F)(F)F)ccc3N)sc2c1. The number of halogens is 3. The van der Waals surface area contributed by atoms with Gasteiger partial charge in [-0.2, -0.15) is 13.2 Å². The minimum atomic E-state index is -4.39. The van der Waals surface area contributed by atoms with Crippen LogP contribution in [0.15, 0.2) is 36.4 Å². The topological polar surface area (TPSA) is 38.9 Å². The molecule has 3 rings (SSSR count). The molecule has 0 saturated heterocycles. The minimum absolute atomic E-state index is 0.291. The lowest BCUT2D eigenvalue weighted by atomic mass is 10.1. The van der Waals surface area contributed by atoms with Gasteiger partial charge in [0.25, 0.3) is 0 Å². The van der Waals surface area contributed by atoms with Crippen LogP contribution in [0.3, 0.4) is 0 Å². The molecule has 2 N–H and O–H groups in total. The highest BCUT2D eigenvalue weighted by Crippen LogP contribution is 2.38. The van der Waals surface area contributed by atoms with Gasteiger partial charge in [-0.15, -0.1) is 11.3 Å². The zero-order valence-corrected chi connectivity index (χ0v) is 11.8. The Morgan fingerprint density at radius 1 is 1.10 bits per heavy atom. The van der Waals surface area contributed by atoms with Gasteiger partial charge in [0, 0.05) is 11.3 Å². The van der Waals surface area contributed by atoms with Gasteiger partial charge in [-0.05, 0) is 42.8 Å². The molecule has 0 unspecified atom stereocenters. The fraction of sp³-hybridized carbons (Fsp3) is 0.133. The highest BCUT2D eigenvalue weighted by Gasteiger charge is 2.31. The van der Waals surface area contributed by atoms with Gasteiger partial charge in [-0.3, -0.25) is 0 Å². The smallest absolute Gasteiger partial charge is 0.398 e. The van der Waals surface area contributed by atoms with Crippen molar-refractivity contribution in [2.24, 2.45) is 0 Å². The molecule has 0 radical (unpaired) electrons. The maximum Gasteiger partial charge on any atom is 0.416 e. The van der Waals surface area contributed by atoms with Crippen LogP contribution in [-0.2, 0) is 6.18 Å². The quantitative estimate of drug-likeness (QED) is 0.651. The van der Waals surface area contributed by atoms with E-state index >= 15 is 0 Å². The van der Waals surface area contributed by atoms with E-state index in [1.165, 1.54) is 17.4 Å². The van der Waals surface area contributed by atoms with Gasteiger partial charge >= 0.3 is 6.18 Å². The van der Waals surface area contributed by atoms with Crippen molar-refractivity contribution in [2.45, 2.75) is 13.1 Å². The van der Waals surface area contributed by atoms with Gasteiger partial charge in [0.15, 0.2) is 0 Å². The number of aromatic nitrogens is 1. The Bertz CT molecular complexity index is 821. The number of thiazole rings is 1. The second-order valence-corrected chi connectivity index (χ2v) is 5.82. The number of hydrogen-bond donors (Lipinski definition) is 1. The number of benzene rings is 2. The lowest BCUT2D eigenvalue weighted by Crippen LogP contribution is -2.05. The normalized spacial score (nSPS) is 12.0. The molecule has 21 heavy (non-hydrogen) atoms. The number of anilines is 1. The third kappa shape index (κ3) is 2.58. The molecule has 0 fully saturated rings. The standard InChI is InChI=1S/C15H11F3N2S/c1-8-2-5-12-13(6-8)21-14(20-12)10-7-9(15(16,17)18)3-4-11(10)19/h2-7H,19H2,1H3. The Morgan fingerprint density at radius 2 is 1.86 bits per heavy atom. The molecular formula is C15H11F3N2S. The summed E-state index contributed by atoms with van der Waals surface area (Å²) in [4.78, 5) is 4.38. The maximum atomic E-state index is 12.8. The fourth-order valence-electron chi connectivity index (χ4n) is 2.06. The number of nitrogens with zero attached hydrogens (tertiary/aromatic N) is 1. The van der Waals surface area contributed by atoms with E-state index in [-0.39, 0.29) is 0 Å². The largest absolute Gasteiger partial charge is 0.416 e. The van der Waals surface area contributed by atoms with Crippen LogP contribution in [-0.4, -0.2) is 4.98 Å². The van der Waals surface area contributed by atoms with E-state index in [9.17, 15) is 13.2 Å². The molecule has 1 heterocycles. The van der Waals surface area contributed by atoms with Crippen LogP contribution in [0.1, 0.15) is 11.1 Å². The van der Waals surface area contributed by atoms with E-state index in [1.807, 2.05) is 25.1 Å². The van der Waals surface area contributed by atoms with Crippen molar-refractivity contribution in [3.8, 4) is 10.6 Å². The van der Waals surface area contributed by atoms with Crippen molar-refractivity contribution in [3.63, 3.8) is 0 Å². The number of rotatable bonds is 1. The van der Waals surface area contributed by atoms with Crippen LogP contribution in [0.25, 0.3) is 20.8 Å². The summed E-state index contributed by atoms with van der Waals surface area (Å²) in [6.07, 6.45) is -4.39. The highest BCUT2D eigenvalue weighted by atomic mass is 32.1. The lowest BCUT2D eigenvalue weighted by molar-refractivity contribution is -0.137. The van der Waals surface area contributed by atoms with E-state index in [0.717, 1.165) is 27.9 Å². The number of nitrogen functional groups attached to an aromatic ring is 1. The molecular weight excluding hydrogens is 297 g/mol. The summed E-state index contributed by atoms with van der Waals surface area (Å²) in [5, 5.41) is 0.499. The Morgan fingerprint density at radius 3 is 2.57 bits per heavy atom. The lowest BCUT2D eigenvalue weighted by Gasteiger charge is -2.09. The number of aryl methyl sites for hydroxylation is 1. The van der Waals surface area contributed by atoms with Crippen molar-refractivity contribution in [1.82, 2.24) is 4.98 Å². The van der Waals surface area contributed by atoms with Gasteiger partial charge < -0.3 is 5.73 Å². The molecule has 2 aromatic carbocycles. The average Bonchev–Trinajstić information content (AvgIpc) is 2.80. The van der Waals surface area contributed by atoms with E-state index < -0.39 is 11.7 Å². The zero-order chi connectivity index (χ0) is 15.2. The monoisotopic (exact) mass is 308 g/mol. The number of nitrogens with two attached hydrogens (primary N) is 1. The molecule has 2 nitrogen and oxygen atoms in total. The van der Waals surface area contributed by atoms with Crippen LogP contribution >= 0.6 is 11.3 Å². The number of fused-ring (bicyclic) bond motifs is 1. The molecule has 0 atom stereocenters. The summed E-state index contributed by atoms with van der Waals surface area (Å²) >= 11 is 1.34. The van der Waals surface area contributed by atoms with Crippen molar-refractivity contribution < 1.29 is 13.2 Å². The first kappa shape index (κ1) is 13.9. The summed E-state index contributed by atoms with van der Waals surface area (Å²) in [5.74, 6) is 0. The second kappa shape index (κ2) is 4.73. The third-order valence-electron chi connectivity index (χ3n) is 3.15. The van der Waals surface area contributed by atoms with Gasteiger partial charge in [-0.25, -0.2) is 4.98 Å². The highest BCUT2D eigenvalue weighted by molar-refractivity contribution is 7.21. The Kier molecular flexibility index (Phi) is 3.13. The van der Waals surface area contributed by atoms with Gasteiger partial charge in [-0.1, -0.05) is 6.07 Å². The van der Waals surface area contributed by atoms with Crippen molar-refractivity contribution in [3.05, 3.63) is 47.5 Å². The van der Waals surface area contributed by atoms with Crippen molar-refractivity contribution in [1.29, 1.82) is 0 Å². The first-order chi connectivity index (χ1) is 9.84. The maximum absolute atomic E-state index is 12.8. The predicted octanol–water partition coefficient (Wildman–Crippen LogP) is 4.87. The van der Waals surface area contributed by atoms with Gasteiger partial charge in [0.2, 0.25) is 0 Å². The molecule has 3 aromatic rings. The van der Waals surface area contributed by atoms with Crippen LogP contribution in [0.5, 0.6) is 0 Å². The van der Waals surface area contributed by atoms with Gasteiger partial charge in [0.1, 0.15) is 5.01 Å². The summed E-state index contributed by atoms with van der Waals surface area (Å²) in [6.45, 7) is 1.96. The second-order valence-electron chi connectivity index (χ2n) is 4.79. The summed E-state index contributed by atoms with van der Waals surface area (Å²) in [6, 6.07) is 9.04. The van der Waals surface area contributed by atoms with Crippen LogP contribution in [0.2, 0.25) is 0 Å². The average molecular weight is 308 g/mol. The molecule has 0 spiro atoms. The van der Waals surface area contributed by atoms with Crippen LogP contribution in [0.4, 0.5) is 18.9 Å². The van der Waals surface area contributed by atoms with E-state index in [4.69, 9.17) is 5.73 Å². The molecule has 0 saturated carbocycles. The molecule has 0 amide bonds. The molecule has 0 aliphatic rings. The fourth-order valence-corrected chi connectivity index (χ4v) is 3.17. The van der Waals surface area contributed by atoms with Crippen LogP contribution in [0, 0.1) is 6.92 Å². The summed E-state index contributed by atoms with van der Waals surface area (Å²) < 4.78 is 39.4. The first-order valence-electron chi connectivity index (χ1n) is 6.19. The van der Waals surface area contributed by atoms with E-state index in [0.29, 0.717) is 16.3 Å². The summed E-state index contributed by atoms with van der Waals surface area (Å²) in [5.41, 5.74) is 7.55. The van der Waals surface area contributed by atoms with Gasteiger partial charge in [0.05, 0.1) is 15.8 Å². The number of hydrogen-bond acceptors (Lipinski definition) is 3. The molecule has 0 bridgehead atoms.